The van der Waals surface area contributed by atoms with Gasteiger partial charge in [0.15, 0.2) is 0 Å². The highest BCUT2D eigenvalue weighted by atomic mass is 35.5. The van der Waals surface area contributed by atoms with Crippen molar-refractivity contribution in [1.29, 1.82) is 0 Å². The average molecular weight is 608 g/mol. The molecule has 3 heterocycles. The number of hydrogen-bond acceptors (Lipinski definition) is 7. The largest absolute Gasteiger partial charge is 0.430 e. The molecule has 0 bridgehead atoms. The Labute approximate surface area is 244 Å². The molecule has 13 heteroatoms. The van der Waals surface area contributed by atoms with Gasteiger partial charge in [-0.2, -0.15) is 13.2 Å². The van der Waals surface area contributed by atoms with Gasteiger partial charge >= 0.3 is 6.18 Å². The lowest BCUT2D eigenvalue weighted by Crippen LogP contribution is -2.58. The average Bonchev–Trinajstić information content (AvgIpc) is 3.60. The van der Waals surface area contributed by atoms with E-state index in [-0.39, 0.29) is 24.4 Å². The minimum Gasteiger partial charge on any atom is -0.369 e. The Hall–Kier alpha value is -3.22. The van der Waals surface area contributed by atoms with E-state index in [2.05, 4.69) is 15.1 Å². The van der Waals surface area contributed by atoms with Gasteiger partial charge in [-0.3, -0.25) is 9.59 Å². The molecule has 0 radical (unpaired) electrons. The maximum atomic E-state index is 14.0. The molecule has 3 aromatic rings. The fraction of sp³-hybridized carbons (Fsp3) is 0.429. The second-order valence-electron chi connectivity index (χ2n) is 10.8. The van der Waals surface area contributed by atoms with Crippen LogP contribution in [0.4, 0.5) is 18.3 Å². The lowest BCUT2D eigenvalue weighted by atomic mass is 9.77. The molecule has 1 aromatic heterocycles. The third-order valence-electron chi connectivity index (χ3n) is 8.00. The normalized spacial score (nSPS) is 18.4. The van der Waals surface area contributed by atoms with Gasteiger partial charge in [0.25, 0.3) is 17.4 Å². The third kappa shape index (κ3) is 5.40. The van der Waals surface area contributed by atoms with Crippen molar-refractivity contribution in [2.45, 2.75) is 31.0 Å². The first-order valence-electron chi connectivity index (χ1n) is 13.1. The molecule has 2 aromatic carbocycles. The maximum Gasteiger partial charge on any atom is 0.430 e. The van der Waals surface area contributed by atoms with Crippen LogP contribution in [0.1, 0.15) is 35.2 Å². The van der Waals surface area contributed by atoms with Crippen molar-refractivity contribution in [1.82, 2.24) is 20.0 Å². The number of hydrogen-bond donors (Lipinski definition) is 1. The van der Waals surface area contributed by atoms with Crippen LogP contribution in [0.25, 0.3) is 10.6 Å². The second-order valence-corrected chi connectivity index (χ2v) is 12.2. The zero-order valence-electron chi connectivity index (χ0n) is 22.5. The van der Waals surface area contributed by atoms with Crippen LogP contribution in [0.3, 0.4) is 0 Å². The number of rotatable bonds is 5. The van der Waals surface area contributed by atoms with Crippen molar-refractivity contribution in [3.63, 3.8) is 0 Å². The molecule has 8 nitrogen and oxygen atoms in total. The topological polar surface area (TPSA) is 89.9 Å². The molecule has 1 unspecified atom stereocenters. The van der Waals surface area contributed by atoms with Gasteiger partial charge in [-0.05, 0) is 36.8 Å². The summed E-state index contributed by atoms with van der Waals surface area (Å²) in [5.41, 5.74) is -3.12. The number of anilines is 1. The number of halogens is 4. The van der Waals surface area contributed by atoms with Gasteiger partial charge in [0.05, 0.1) is 10.6 Å². The zero-order chi connectivity index (χ0) is 29.6. The summed E-state index contributed by atoms with van der Waals surface area (Å²) in [5, 5.41) is 21.1. The predicted octanol–water partition coefficient (Wildman–Crippen LogP) is 4.83. The van der Waals surface area contributed by atoms with Crippen molar-refractivity contribution < 1.29 is 27.9 Å². The number of likely N-dealkylation sites (tertiary alicyclic amines) is 1. The van der Waals surface area contributed by atoms with Crippen LogP contribution in [-0.2, 0) is 10.4 Å². The fourth-order valence-electron chi connectivity index (χ4n) is 5.53. The van der Waals surface area contributed by atoms with Gasteiger partial charge in [-0.15, -0.1) is 10.2 Å². The van der Waals surface area contributed by atoms with E-state index in [1.54, 1.807) is 32.3 Å². The molecule has 218 valence electrons. The van der Waals surface area contributed by atoms with Gasteiger partial charge in [0.2, 0.25) is 5.13 Å². The number of aliphatic hydroxyl groups is 1. The number of nitrogens with zero attached hydrogens (tertiary/aromatic N) is 5. The van der Waals surface area contributed by atoms with Crippen LogP contribution in [0.5, 0.6) is 0 Å². The molecule has 2 amide bonds. The number of benzene rings is 2. The summed E-state index contributed by atoms with van der Waals surface area (Å²) < 4.78 is 42.1. The summed E-state index contributed by atoms with van der Waals surface area (Å²) in [6.45, 7) is 1.59. The standard InChI is InChI=1S/C28H29ClF3N5O3S/c1-35(2)23(38)20-9-8-18(16-21(20)29)22-33-34-25(41-22)37-15-12-26(17-37)10-13-36(14-11-26)24(39)27(40,28(30,31)32)19-6-4-3-5-7-19/h3-9,16,40H,10-15,17H2,1-2H3. The highest BCUT2D eigenvalue weighted by Gasteiger charge is 2.62. The van der Waals surface area contributed by atoms with Crippen molar-refractivity contribution in [2.75, 3.05) is 45.2 Å². The van der Waals surface area contributed by atoms with E-state index in [4.69, 9.17) is 11.6 Å². The summed E-state index contributed by atoms with van der Waals surface area (Å²) in [5.74, 6) is -1.54. The van der Waals surface area contributed by atoms with Crippen LogP contribution in [0.15, 0.2) is 48.5 Å². The Balaban J connectivity index is 1.25. The summed E-state index contributed by atoms with van der Waals surface area (Å²) in [7, 11) is 3.31. The summed E-state index contributed by atoms with van der Waals surface area (Å²) >= 11 is 7.76. The molecule has 5 rings (SSSR count). The molecule has 2 fully saturated rings. The van der Waals surface area contributed by atoms with Gasteiger partial charge < -0.3 is 19.8 Å². The molecule has 41 heavy (non-hydrogen) atoms. The Morgan fingerprint density at radius 1 is 1.02 bits per heavy atom. The minimum absolute atomic E-state index is 0.121. The predicted molar refractivity (Wildman–Crippen MR) is 150 cm³/mol. The third-order valence-corrected chi connectivity index (χ3v) is 9.34. The first-order valence-corrected chi connectivity index (χ1v) is 14.3. The quantitative estimate of drug-likeness (QED) is 0.447. The molecule has 0 saturated carbocycles. The summed E-state index contributed by atoms with van der Waals surface area (Å²) in [6.07, 6.45) is -3.33. The van der Waals surface area contributed by atoms with E-state index in [1.807, 2.05) is 0 Å². The van der Waals surface area contributed by atoms with Crippen LogP contribution >= 0.6 is 22.9 Å². The van der Waals surface area contributed by atoms with Crippen LogP contribution in [-0.4, -0.2) is 83.4 Å². The molecule has 1 N–H and O–H groups in total. The molecule has 2 aliphatic heterocycles. The van der Waals surface area contributed by atoms with Gasteiger partial charge in [0, 0.05) is 51.4 Å². The van der Waals surface area contributed by atoms with Crippen LogP contribution < -0.4 is 4.90 Å². The van der Waals surface area contributed by atoms with E-state index in [1.165, 1.54) is 34.4 Å². The zero-order valence-corrected chi connectivity index (χ0v) is 24.1. The maximum absolute atomic E-state index is 14.0. The van der Waals surface area contributed by atoms with Crippen molar-refractivity contribution in [2.24, 2.45) is 5.41 Å². The number of alkyl halides is 3. The SMILES string of the molecule is CN(C)C(=O)c1ccc(-c2nnc(N3CCC4(CCN(C(=O)C(O)(c5ccccc5)C(F)(F)F)CC4)C3)s2)cc1Cl. The molecule has 1 atom stereocenters. The number of aromatic nitrogens is 2. The molecule has 2 saturated heterocycles. The van der Waals surface area contributed by atoms with Crippen molar-refractivity contribution >= 4 is 39.9 Å². The number of amides is 2. The smallest absolute Gasteiger partial charge is 0.369 e. The Kier molecular flexibility index (Phi) is 7.77. The van der Waals surface area contributed by atoms with Gasteiger partial charge in [0.1, 0.15) is 5.01 Å². The highest BCUT2D eigenvalue weighted by Crippen LogP contribution is 2.46. The first-order chi connectivity index (χ1) is 19.3. The minimum atomic E-state index is -5.16. The Bertz CT molecular complexity index is 1440. The molecular formula is C28H29ClF3N5O3S. The van der Waals surface area contributed by atoms with Gasteiger partial charge in [-0.1, -0.05) is 59.3 Å². The lowest BCUT2D eigenvalue weighted by molar-refractivity contribution is -0.262. The fourth-order valence-corrected chi connectivity index (χ4v) is 6.66. The number of carbonyl (C=O) groups is 2. The molecule has 1 spiro atoms. The monoisotopic (exact) mass is 607 g/mol. The molecular weight excluding hydrogens is 579 g/mol. The molecule has 0 aliphatic carbocycles. The Morgan fingerprint density at radius 3 is 2.29 bits per heavy atom. The number of piperidine rings is 1. The summed E-state index contributed by atoms with van der Waals surface area (Å²) in [6, 6.07) is 11.6. The van der Waals surface area contributed by atoms with E-state index < -0.39 is 23.2 Å². The lowest BCUT2D eigenvalue weighted by Gasteiger charge is -2.42. The highest BCUT2D eigenvalue weighted by molar-refractivity contribution is 7.18. The second kappa shape index (κ2) is 10.9. The van der Waals surface area contributed by atoms with Crippen LogP contribution in [0, 0.1) is 5.41 Å². The van der Waals surface area contributed by atoms with E-state index >= 15 is 0 Å². The van der Waals surface area contributed by atoms with E-state index in [0.717, 1.165) is 34.1 Å². The van der Waals surface area contributed by atoms with E-state index in [9.17, 15) is 27.9 Å². The van der Waals surface area contributed by atoms with Gasteiger partial charge in [-0.25, -0.2) is 0 Å². The number of carbonyl (C=O) groups excluding carboxylic acids is 2. The van der Waals surface area contributed by atoms with Crippen molar-refractivity contribution in [3.05, 3.63) is 64.7 Å². The first kappa shape index (κ1) is 29.3. The van der Waals surface area contributed by atoms with E-state index in [0.29, 0.717) is 41.5 Å². The van der Waals surface area contributed by atoms with Crippen LogP contribution in [0.2, 0.25) is 5.02 Å². The summed E-state index contributed by atoms with van der Waals surface area (Å²) in [4.78, 5) is 30.1. The Morgan fingerprint density at radius 2 is 1.68 bits per heavy atom. The van der Waals surface area contributed by atoms with Crippen molar-refractivity contribution in [3.8, 4) is 10.6 Å². The molecule has 2 aliphatic rings.